The zero-order valence-corrected chi connectivity index (χ0v) is 21.1. The van der Waals surface area contributed by atoms with E-state index in [1.54, 1.807) is 12.5 Å². The molecular weight excluding hydrogens is 533 g/mol. The fraction of sp³-hybridized carbons (Fsp3) is 0.391. The van der Waals surface area contributed by atoms with Gasteiger partial charge in [-0.25, -0.2) is 4.99 Å². The lowest BCUT2D eigenvalue weighted by Gasteiger charge is -2.19. The summed E-state index contributed by atoms with van der Waals surface area (Å²) >= 11 is 0. The van der Waals surface area contributed by atoms with Gasteiger partial charge in [0.25, 0.3) is 0 Å². The molecule has 3 heterocycles. The maximum absolute atomic E-state index is 5.69. The smallest absolute Gasteiger partial charge is 0.191 e. The number of hydrogen-bond donors (Lipinski definition) is 2. The monoisotopic (exact) mass is 563 g/mol. The van der Waals surface area contributed by atoms with Gasteiger partial charge in [0.15, 0.2) is 17.5 Å². The minimum atomic E-state index is 0. The zero-order valence-electron chi connectivity index (χ0n) is 18.7. The van der Waals surface area contributed by atoms with Gasteiger partial charge < -0.3 is 24.7 Å². The quantitative estimate of drug-likeness (QED) is 0.235. The van der Waals surface area contributed by atoms with Crippen molar-refractivity contribution in [3.8, 4) is 11.5 Å². The molecule has 0 unspecified atom stereocenters. The van der Waals surface area contributed by atoms with Gasteiger partial charge in [0, 0.05) is 32.3 Å². The molecule has 0 fully saturated rings. The van der Waals surface area contributed by atoms with Crippen LogP contribution in [0.5, 0.6) is 11.5 Å². The van der Waals surface area contributed by atoms with Crippen molar-refractivity contribution in [2.24, 2.45) is 4.99 Å². The van der Waals surface area contributed by atoms with E-state index >= 15 is 0 Å². The highest BCUT2D eigenvalue weighted by Gasteiger charge is 2.11. The van der Waals surface area contributed by atoms with E-state index in [-0.39, 0.29) is 24.0 Å². The van der Waals surface area contributed by atoms with Crippen LogP contribution in [0.25, 0.3) is 0 Å². The van der Waals surface area contributed by atoms with E-state index in [0.717, 1.165) is 54.9 Å². The van der Waals surface area contributed by atoms with Crippen LogP contribution < -0.4 is 20.1 Å². The van der Waals surface area contributed by atoms with Crippen LogP contribution in [-0.2, 0) is 25.9 Å². The number of hydrogen-bond acceptors (Lipinski definition) is 6. The van der Waals surface area contributed by atoms with Crippen LogP contribution in [0, 0.1) is 0 Å². The van der Waals surface area contributed by atoms with Crippen molar-refractivity contribution >= 4 is 29.9 Å². The third-order valence-corrected chi connectivity index (χ3v) is 5.10. The van der Waals surface area contributed by atoms with Crippen LogP contribution in [0.15, 0.2) is 53.9 Å². The van der Waals surface area contributed by atoms with E-state index in [9.17, 15) is 0 Å². The average Bonchev–Trinajstić information content (AvgIpc) is 3.30. The standard InChI is InChI=1S/C23H29N7O2.HI/c1-2-22-29-28-17-30(22)12-11-26-23(27-16-19-5-3-4-9-24-19)25-10-8-18-6-7-20-21(15-18)32-14-13-31-20;/h3-7,9,15,17H,2,8,10-14,16H2,1H3,(H2,25,26,27);1H. The van der Waals surface area contributed by atoms with Crippen LogP contribution in [-0.4, -0.2) is 52.0 Å². The molecule has 1 aliphatic rings. The first-order valence-electron chi connectivity index (χ1n) is 11.0. The Balaban J connectivity index is 0.00000306. The molecule has 0 saturated heterocycles. The van der Waals surface area contributed by atoms with E-state index in [2.05, 4.69) is 43.4 Å². The summed E-state index contributed by atoms with van der Waals surface area (Å²) in [5.41, 5.74) is 2.11. The second-order valence-corrected chi connectivity index (χ2v) is 7.36. The first-order chi connectivity index (χ1) is 15.8. The number of benzene rings is 1. The first-order valence-corrected chi connectivity index (χ1v) is 11.0. The summed E-state index contributed by atoms with van der Waals surface area (Å²) in [6.07, 6.45) is 5.24. The van der Waals surface area contributed by atoms with Crippen molar-refractivity contribution in [1.29, 1.82) is 0 Å². The number of nitrogens with one attached hydrogen (secondary N) is 2. The number of guanidine groups is 1. The Bertz CT molecular complexity index is 1030. The first kappa shape index (κ1) is 24.7. The molecule has 33 heavy (non-hydrogen) atoms. The van der Waals surface area contributed by atoms with E-state index in [1.807, 2.05) is 30.3 Å². The zero-order chi connectivity index (χ0) is 22.0. The highest BCUT2D eigenvalue weighted by molar-refractivity contribution is 14.0. The molecule has 0 spiro atoms. The summed E-state index contributed by atoms with van der Waals surface area (Å²) < 4.78 is 13.3. The van der Waals surface area contributed by atoms with Gasteiger partial charge in [-0.15, -0.1) is 34.2 Å². The van der Waals surface area contributed by atoms with Crippen molar-refractivity contribution in [2.45, 2.75) is 32.9 Å². The van der Waals surface area contributed by atoms with E-state index < -0.39 is 0 Å². The summed E-state index contributed by atoms with van der Waals surface area (Å²) in [5.74, 6) is 3.36. The lowest BCUT2D eigenvalue weighted by Crippen LogP contribution is -2.40. The van der Waals surface area contributed by atoms with Crippen molar-refractivity contribution in [3.05, 3.63) is 66.0 Å². The van der Waals surface area contributed by atoms with Gasteiger partial charge in [-0.1, -0.05) is 19.1 Å². The van der Waals surface area contributed by atoms with E-state index in [4.69, 9.17) is 14.5 Å². The van der Waals surface area contributed by atoms with Crippen LogP contribution >= 0.6 is 24.0 Å². The van der Waals surface area contributed by atoms with Gasteiger partial charge in [-0.3, -0.25) is 4.98 Å². The third-order valence-electron chi connectivity index (χ3n) is 5.10. The van der Waals surface area contributed by atoms with Gasteiger partial charge in [-0.05, 0) is 36.2 Å². The number of halogens is 1. The summed E-state index contributed by atoms with van der Waals surface area (Å²) in [5, 5.41) is 15.0. The average molecular weight is 563 g/mol. The molecule has 0 atom stereocenters. The highest BCUT2D eigenvalue weighted by atomic mass is 127. The SMILES string of the molecule is CCc1nncn1CCNC(=NCc1ccccn1)NCCc1ccc2c(c1)OCCO2.I. The van der Waals surface area contributed by atoms with Crippen molar-refractivity contribution in [1.82, 2.24) is 30.4 Å². The second kappa shape index (κ2) is 13.0. The van der Waals surface area contributed by atoms with Crippen molar-refractivity contribution in [3.63, 3.8) is 0 Å². The van der Waals surface area contributed by atoms with Gasteiger partial charge in [0.2, 0.25) is 0 Å². The van der Waals surface area contributed by atoms with Crippen LogP contribution in [0.2, 0.25) is 0 Å². The molecule has 1 aromatic carbocycles. The molecule has 1 aliphatic heterocycles. The molecule has 2 aromatic heterocycles. The molecule has 176 valence electrons. The lowest BCUT2D eigenvalue weighted by atomic mass is 10.1. The molecule has 4 rings (SSSR count). The number of aliphatic imine (C=N–C) groups is 1. The maximum atomic E-state index is 5.69. The van der Waals surface area contributed by atoms with Gasteiger partial charge in [-0.2, -0.15) is 0 Å². The number of nitrogens with zero attached hydrogens (tertiary/aromatic N) is 5. The Hall–Kier alpha value is -2.89. The molecular formula is C23H30IN7O2. The minimum Gasteiger partial charge on any atom is -0.486 e. The number of pyridine rings is 1. The third kappa shape index (κ3) is 7.31. The van der Waals surface area contributed by atoms with Crippen molar-refractivity contribution < 1.29 is 9.47 Å². The number of ether oxygens (including phenoxy) is 2. The number of rotatable bonds is 9. The number of aromatic nitrogens is 4. The molecule has 2 N–H and O–H groups in total. The highest BCUT2D eigenvalue weighted by Crippen LogP contribution is 2.30. The molecule has 9 nitrogen and oxygen atoms in total. The van der Waals surface area contributed by atoms with Gasteiger partial charge in [0.05, 0.1) is 12.2 Å². The molecule has 0 amide bonds. The Morgan fingerprint density at radius 2 is 1.94 bits per heavy atom. The molecule has 3 aromatic rings. The lowest BCUT2D eigenvalue weighted by molar-refractivity contribution is 0.171. The van der Waals surface area contributed by atoms with E-state index in [0.29, 0.717) is 26.3 Å². The molecule has 10 heteroatoms. The van der Waals surface area contributed by atoms with Gasteiger partial charge >= 0.3 is 0 Å². The Kier molecular flexibility index (Phi) is 9.73. The molecule has 0 saturated carbocycles. The predicted molar refractivity (Wildman–Crippen MR) is 137 cm³/mol. The summed E-state index contributed by atoms with van der Waals surface area (Å²) in [6, 6.07) is 11.9. The Labute approximate surface area is 211 Å². The second-order valence-electron chi connectivity index (χ2n) is 7.36. The normalized spacial score (nSPS) is 12.7. The predicted octanol–water partition coefficient (Wildman–Crippen LogP) is 2.60. The molecule has 0 aliphatic carbocycles. The largest absolute Gasteiger partial charge is 0.486 e. The van der Waals surface area contributed by atoms with Crippen molar-refractivity contribution in [2.75, 3.05) is 26.3 Å². The molecule has 0 radical (unpaired) electrons. The summed E-state index contributed by atoms with van der Waals surface area (Å²) in [4.78, 5) is 9.06. The summed E-state index contributed by atoms with van der Waals surface area (Å²) in [7, 11) is 0. The number of aryl methyl sites for hydroxylation is 1. The van der Waals surface area contributed by atoms with E-state index in [1.165, 1.54) is 5.56 Å². The van der Waals surface area contributed by atoms with Crippen LogP contribution in [0.3, 0.4) is 0 Å². The Morgan fingerprint density at radius 1 is 1.09 bits per heavy atom. The molecule has 0 bridgehead atoms. The number of fused-ring (bicyclic) bond motifs is 1. The maximum Gasteiger partial charge on any atom is 0.191 e. The Morgan fingerprint density at radius 3 is 2.76 bits per heavy atom. The van der Waals surface area contributed by atoms with Crippen LogP contribution in [0.4, 0.5) is 0 Å². The van der Waals surface area contributed by atoms with Gasteiger partial charge in [0.1, 0.15) is 25.4 Å². The topological polar surface area (TPSA) is 98.5 Å². The summed E-state index contributed by atoms with van der Waals surface area (Å²) in [6.45, 7) is 5.99. The fourth-order valence-corrected chi connectivity index (χ4v) is 3.43. The van der Waals surface area contributed by atoms with Crippen LogP contribution in [0.1, 0.15) is 24.0 Å². The fourth-order valence-electron chi connectivity index (χ4n) is 3.43. The minimum absolute atomic E-state index is 0.